The smallest absolute Gasteiger partial charge is 0.175 e. The third-order valence-corrected chi connectivity index (χ3v) is 3.23. The number of fused-ring (bicyclic) bond motifs is 1. The van der Waals surface area contributed by atoms with E-state index in [0.717, 1.165) is 21.5 Å². The molecule has 0 radical (unpaired) electrons. The number of rotatable bonds is 4. The van der Waals surface area contributed by atoms with Gasteiger partial charge in [0.2, 0.25) is 0 Å². The third kappa shape index (κ3) is 2.96. The van der Waals surface area contributed by atoms with Crippen molar-refractivity contribution in [3.63, 3.8) is 0 Å². The zero-order chi connectivity index (χ0) is 13.1. The summed E-state index contributed by atoms with van der Waals surface area (Å²) in [7, 11) is 0. The van der Waals surface area contributed by atoms with Crippen LogP contribution in [0.1, 0.15) is 25.5 Å². The molecule has 0 bridgehead atoms. The first kappa shape index (κ1) is 13.6. The van der Waals surface area contributed by atoms with Crippen LogP contribution in [0.5, 0.6) is 11.5 Å². The van der Waals surface area contributed by atoms with Crippen molar-refractivity contribution < 1.29 is 14.2 Å². The van der Waals surface area contributed by atoms with E-state index in [-0.39, 0.29) is 12.2 Å². The van der Waals surface area contributed by atoms with Crippen LogP contribution in [0, 0.1) is 0 Å². The molecular weight excluding hydrogens is 298 g/mol. The van der Waals surface area contributed by atoms with Crippen LogP contribution < -0.4 is 15.2 Å². The molecule has 100 valence electrons. The number of hydrogen-bond acceptors (Lipinski definition) is 4. The maximum atomic E-state index is 5.79. The Morgan fingerprint density at radius 2 is 2.06 bits per heavy atom. The zero-order valence-corrected chi connectivity index (χ0v) is 12.2. The molecule has 2 N–H and O–H groups in total. The van der Waals surface area contributed by atoms with Gasteiger partial charge in [-0.3, -0.25) is 0 Å². The Morgan fingerprint density at radius 1 is 1.33 bits per heavy atom. The molecule has 4 nitrogen and oxygen atoms in total. The molecule has 1 atom stereocenters. The second kappa shape index (κ2) is 5.91. The minimum absolute atomic E-state index is 0.128. The number of halogens is 1. The van der Waals surface area contributed by atoms with Gasteiger partial charge in [-0.25, -0.2) is 0 Å². The van der Waals surface area contributed by atoms with Gasteiger partial charge in [-0.15, -0.1) is 0 Å². The van der Waals surface area contributed by atoms with Gasteiger partial charge in [0.05, 0.1) is 16.7 Å². The number of benzene rings is 1. The Hall–Kier alpha value is -0.780. The molecule has 0 saturated carbocycles. The SMILES string of the molecule is CC(C)OC(CN)c1cc(Br)c2c(c1)OCCO2. The molecule has 1 aromatic rings. The van der Waals surface area contributed by atoms with Crippen molar-refractivity contribution in [2.75, 3.05) is 19.8 Å². The van der Waals surface area contributed by atoms with Gasteiger partial charge in [0.15, 0.2) is 11.5 Å². The first-order valence-corrected chi connectivity index (χ1v) is 6.85. The van der Waals surface area contributed by atoms with Crippen LogP contribution in [0.25, 0.3) is 0 Å². The highest BCUT2D eigenvalue weighted by atomic mass is 79.9. The highest BCUT2D eigenvalue weighted by Gasteiger charge is 2.20. The topological polar surface area (TPSA) is 53.7 Å². The van der Waals surface area contributed by atoms with Crippen molar-refractivity contribution in [1.29, 1.82) is 0 Å². The van der Waals surface area contributed by atoms with E-state index < -0.39 is 0 Å². The fraction of sp³-hybridized carbons (Fsp3) is 0.538. The zero-order valence-electron chi connectivity index (χ0n) is 10.6. The predicted octanol–water partition coefficient (Wildman–Crippen LogP) is 2.65. The summed E-state index contributed by atoms with van der Waals surface area (Å²) in [5.41, 5.74) is 6.77. The summed E-state index contributed by atoms with van der Waals surface area (Å²) >= 11 is 3.50. The Morgan fingerprint density at radius 3 is 2.72 bits per heavy atom. The molecule has 0 aliphatic carbocycles. The van der Waals surface area contributed by atoms with E-state index in [9.17, 15) is 0 Å². The average molecular weight is 316 g/mol. The summed E-state index contributed by atoms with van der Waals surface area (Å²) in [6.45, 7) is 5.57. The van der Waals surface area contributed by atoms with Crippen LogP contribution in [0.2, 0.25) is 0 Å². The van der Waals surface area contributed by atoms with Crippen LogP contribution in [0.15, 0.2) is 16.6 Å². The molecule has 0 aromatic heterocycles. The van der Waals surface area contributed by atoms with Gasteiger partial charge in [0.25, 0.3) is 0 Å². The largest absolute Gasteiger partial charge is 0.486 e. The second-order valence-electron chi connectivity index (χ2n) is 4.44. The maximum Gasteiger partial charge on any atom is 0.175 e. The van der Waals surface area contributed by atoms with E-state index in [4.69, 9.17) is 19.9 Å². The highest BCUT2D eigenvalue weighted by Crippen LogP contribution is 2.40. The maximum absolute atomic E-state index is 5.79. The Labute approximate surface area is 116 Å². The van der Waals surface area contributed by atoms with Crippen molar-refractivity contribution in [3.8, 4) is 11.5 Å². The molecule has 1 aromatic carbocycles. The number of ether oxygens (including phenoxy) is 3. The molecule has 18 heavy (non-hydrogen) atoms. The normalized spacial score (nSPS) is 15.8. The molecule has 1 aliphatic rings. The van der Waals surface area contributed by atoms with Crippen molar-refractivity contribution >= 4 is 15.9 Å². The molecule has 2 rings (SSSR count). The Balaban J connectivity index is 2.30. The number of hydrogen-bond donors (Lipinski definition) is 1. The molecule has 1 aliphatic heterocycles. The van der Waals surface area contributed by atoms with Crippen LogP contribution in [-0.2, 0) is 4.74 Å². The summed E-state index contributed by atoms with van der Waals surface area (Å²) in [4.78, 5) is 0. The minimum atomic E-state index is -0.128. The fourth-order valence-corrected chi connectivity index (χ4v) is 2.49. The van der Waals surface area contributed by atoms with Gasteiger partial charge < -0.3 is 19.9 Å². The second-order valence-corrected chi connectivity index (χ2v) is 5.29. The molecule has 1 unspecified atom stereocenters. The van der Waals surface area contributed by atoms with Gasteiger partial charge in [-0.2, -0.15) is 0 Å². The highest BCUT2D eigenvalue weighted by molar-refractivity contribution is 9.10. The average Bonchev–Trinajstić information content (AvgIpc) is 2.35. The third-order valence-electron chi connectivity index (χ3n) is 2.64. The first-order valence-electron chi connectivity index (χ1n) is 6.06. The minimum Gasteiger partial charge on any atom is -0.486 e. The van der Waals surface area contributed by atoms with Gasteiger partial charge >= 0.3 is 0 Å². The first-order chi connectivity index (χ1) is 8.61. The summed E-state index contributed by atoms with van der Waals surface area (Å²) in [6, 6.07) is 3.92. The molecule has 5 heteroatoms. The lowest BCUT2D eigenvalue weighted by Gasteiger charge is -2.24. The van der Waals surface area contributed by atoms with Crippen molar-refractivity contribution in [1.82, 2.24) is 0 Å². The molecule has 0 amide bonds. The van der Waals surface area contributed by atoms with E-state index in [0.29, 0.717) is 19.8 Å². The summed E-state index contributed by atoms with van der Waals surface area (Å²) in [5, 5.41) is 0. The molecule has 0 saturated heterocycles. The Kier molecular flexibility index (Phi) is 4.48. The van der Waals surface area contributed by atoms with Gasteiger partial charge in [-0.1, -0.05) is 0 Å². The molecule has 1 heterocycles. The van der Waals surface area contributed by atoms with Crippen molar-refractivity contribution in [2.24, 2.45) is 5.73 Å². The summed E-state index contributed by atoms with van der Waals surface area (Å²) in [5.74, 6) is 1.50. The van der Waals surface area contributed by atoms with Crippen LogP contribution in [-0.4, -0.2) is 25.9 Å². The lowest BCUT2D eigenvalue weighted by atomic mass is 10.1. The number of nitrogens with two attached hydrogens (primary N) is 1. The van der Waals surface area contributed by atoms with Crippen molar-refractivity contribution in [2.45, 2.75) is 26.1 Å². The standard InChI is InChI=1S/C13H18BrNO3/c1-8(2)18-12(7-15)9-5-10(14)13-11(6-9)16-3-4-17-13/h5-6,8,12H,3-4,7,15H2,1-2H3. The van der Waals surface area contributed by atoms with Gasteiger partial charge in [0, 0.05) is 6.54 Å². The lowest BCUT2D eigenvalue weighted by molar-refractivity contribution is 0.0116. The quantitative estimate of drug-likeness (QED) is 0.928. The van der Waals surface area contributed by atoms with Crippen LogP contribution in [0.3, 0.4) is 0 Å². The van der Waals surface area contributed by atoms with Crippen molar-refractivity contribution in [3.05, 3.63) is 22.2 Å². The summed E-state index contributed by atoms with van der Waals surface area (Å²) in [6.07, 6.45) is 0.00246. The van der Waals surface area contributed by atoms with E-state index in [1.165, 1.54) is 0 Å². The molecule has 0 fully saturated rings. The fourth-order valence-electron chi connectivity index (χ4n) is 1.92. The van der Waals surface area contributed by atoms with E-state index in [2.05, 4.69) is 15.9 Å². The molecule has 0 spiro atoms. The van der Waals surface area contributed by atoms with Gasteiger partial charge in [-0.05, 0) is 47.5 Å². The van der Waals surface area contributed by atoms with E-state index in [1.807, 2.05) is 26.0 Å². The lowest BCUT2D eigenvalue weighted by Crippen LogP contribution is -2.20. The summed E-state index contributed by atoms with van der Waals surface area (Å²) < 4.78 is 17.8. The monoisotopic (exact) mass is 315 g/mol. The predicted molar refractivity (Wildman–Crippen MR) is 73.1 cm³/mol. The molecular formula is C13H18BrNO3. The van der Waals surface area contributed by atoms with E-state index >= 15 is 0 Å². The van der Waals surface area contributed by atoms with E-state index in [1.54, 1.807) is 0 Å². The van der Waals surface area contributed by atoms with Crippen LogP contribution >= 0.6 is 15.9 Å². The van der Waals surface area contributed by atoms with Crippen LogP contribution in [0.4, 0.5) is 0 Å². The van der Waals surface area contributed by atoms with Gasteiger partial charge in [0.1, 0.15) is 13.2 Å². The Bertz CT molecular complexity index is 423.